The number of rotatable bonds is 4. The maximum Gasteiger partial charge on any atom is 0.0195 e. The van der Waals surface area contributed by atoms with E-state index in [1.54, 1.807) is 0 Å². The highest BCUT2D eigenvalue weighted by atomic mass is 15.3. The molecule has 2 aliphatic heterocycles. The molecule has 16 heavy (non-hydrogen) atoms. The van der Waals surface area contributed by atoms with Gasteiger partial charge in [-0.2, -0.15) is 0 Å². The van der Waals surface area contributed by atoms with Crippen LogP contribution in [0.25, 0.3) is 0 Å². The summed E-state index contributed by atoms with van der Waals surface area (Å²) in [5, 5.41) is 3.59. The summed E-state index contributed by atoms with van der Waals surface area (Å²) in [7, 11) is 0. The zero-order valence-electron chi connectivity index (χ0n) is 10.9. The summed E-state index contributed by atoms with van der Waals surface area (Å²) in [6.45, 7) is 13.5. The zero-order valence-corrected chi connectivity index (χ0v) is 10.9. The fourth-order valence-corrected chi connectivity index (χ4v) is 2.90. The molecule has 0 aromatic heterocycles. The second kappa shape index (κ2) is 5.99. The standard InChI is InChI=1S/C13H27N3/c1-12(2)10-15-6-8-16(9-7-15)11-13-4-3-5-14-13/h12-14H,3-11H2,1-2H3/t13-/m1/s1. The third kappa shape index (κ3) is 3.72. The Hall–Kier alpha value is -0.120. The molecule has 0 saturated carbocycles. The van der Waals surface area contributed by atoms with Gasteiger partial charge in [-0.15, -0.1) is 0 Å². The minimum atomic E-state index is 0.775. The van der Waals surface area contributed by atoms with Crippen molar-refractivity contribution < 1.29 is 0 Å². The van der Waals surface area contributed by atoms with Crippen molar-refractivity contribution in [3.63, 3.8) is 0 Å². The van der Waals surface area contributed by atoms with E-state index < -0.39 is 0 Å². The lowest BCUT2D eigenvalue weighted by Crippen LogP contribution is -2.50. The molecule has 0 radical (unpaired) electrons. The Bertz CT molecular complexity index is 191. The van der Waals surface area contributed by atoms with Crippen LogP contribution in [-0.4, -0.2) is 61.7 Å². The van der Waals surface area contributed by atoms with E-state index in [9.17, 15) is 0 Å². The SMILES string of the molecule is CC(C)CN1CCN(C[C@H]2CCCN2)CC1. The van der Waals surface area contributed by atoms with Crippen molar-refractivity contribution in [2.45, 2.75) is 32.7 Å². The minimum absolute atomic E-state index is 0.775. The van der Waals surface area contributed by atoms with Crippen molar-refractivity contribution in [1.29, 1.82) is 0 Å². The van der Waals surface area contributed by atoms with Gasteiger partial charge in [-0.25, -0.2) is 0 Å². The fraction of sp³-hybridized carbons (Fsp3) is 1.00. The number of hydrogen-bond donors (Lipinski definition) is 1. The highest BCUT2D eigenvalue weighted by Crippen LogP contribution is 2.10. The van der Waals surface area contributed by atoms with Gasteiger partial charge in [0.1, 0.15) is 0 Å². The monoisotopic (exact) mass is 225 g/mol. The molecule has 2 aliphatic rings. The van der Waals surface area contributed by atoms with Crippen LogP contribution in [0.5, 0.6) is 0 Å². The molecule has 94 valence electrons. The molecule has 1 N–H and O–H groups in total. The average Bonchev–Trinajstić information content (AvgIpc) is 2.73. The topological polar surface area (TPSA) is 18.5 Å². The molecule has 0 amide bonds. The number of nitrogens with zero attached hydrogens (tertiary/aromatic N) is 2. The molecule has 0 aromatic rings. The lowest BCUT2D eigenvalue weighted by molar-refractivity contribution is 0.116. The van der Waals surface area contributed by atoms with E-state index in [1.165, 1.54) is 58.7 Å². The van der Waals surface area contributed by atoms with Crippen molar-refractivity contribution in [3.8, 4) is 0 Å². The second-order valence-electron chi connectivity index (χ2n) is 5.79. The van der Waals surface area contributed by atoms with Crippen molar-refractivity contribution >= 4 is 0 Å². The summed E-state index contributed by atoms with van der Waals surface area (Å²) in [5.74, 6) is 0.808. The van der Waals surface area contributed by atoms with Crippen molar-refractivity contribution in [1.82, 2.24) is 15.1 Å². The summed E-state index contributed by atoms with van der Waals surface area (Å²) in [4.78, 5) is 5.25. The molecule has 2 saturated heterocycles. The van der Waals surface area contributed by atoms with E-state index in [0.29, 0.717) is 0 Å². The van der Waals surface area contributed by atoms with Crippen LogP contribution in [0.3, 0.4) is 0 Å². The molecular formula is C13H27N3. The third-order valence-corrected chi connectivity index (χ3v) is 3.73. The first-order chi connectivity index (χ1) is 7.74. The Morgan fingerprint density at radius 3 is 2.38 bits per heavy atom. The Morgan fingerprint density at radius 2 is 1.81 bits per heavy atom. The van der Waals surface area contributed by atoms with Gasteiger partial charge < -0.3 is 10.2 Å². The molecule has 3 nitrogen and oxygen atoms in total. The molecule has 0 aliphatic carbocycles. The highest BCUT2D eigenvalue weighted by Gasteiger charge is 2.21. The van der Waals surface area contributed by atoms with Crippen LogP contribution in [0, 0.1) is 5.92 Å². The average molecular weight is 225 g/mol. The number of piperazine rings is 1. The second-order valence-corrected chi connectivity index (χ2v) is 5.79. The summed E-state index contributed by atoms with van der Waals surface area (Å²) >= 11 is 0. The van der Waals surface area contributed by atoms with Gasteiger partial charge in [0.05, 0.1) is 0 Å². The molecular weight excluding hydrogens is 198 g/mol. The molecule has 0 unspecified atom stereocenters. The summed E-state index contributed by atoms with van der Waals surface area (Å²) in [6, 6.07) is 0.775. The first-order valence-electron chi connectivity index (χ1n) is 6.92. The van der Waals surface area contributed by atoms with E-state index >= 15 is 0 Å². The molecule has 1 atom stereocenters. The van der Waals surface area contributed by atoms with Crippen molar-refractivity contribution in [2.75, 3.05) is 45.8 Å². The molecule has 2 rings (SSSR count). The van der Waals surface area contributed by atoms with Crippen molar-refractivity contribution in [3.05, 3.63) is 0 Å². The van der Waals surface area contributed by atoms with Crippen LogP contribution >= 0.6 is 0 Å². The Labute approximate surface area is 100 Å². The first kappa shape index (κ1) is 12.3. The minimum Gasteiger partial charge on any atom is -0.313 e. The highest BCUT2D eigenvalue weighted by molar-refractivity contribution is 4.81. The Balaban J connectivity index is 1.64. The van der Waals surface area contributed by atoms with Gasteiger partial charge in [0.15, 0.2) is 0 Å². The molecule has 2 heterocycles. The number of hydrogen-bond acceptors (Lipinski definition) is 3. The summed E-state index contributed by atoms with van der Waals surface area (Å²) in [5.41, 5.74) is 0. The van der Waals surface area contributed by atoms with Crippen molar-refractivity contribution in [2.24, 2.45) is 5.92 Å². The summed E-state index contributed by atoms with van der Waals surface area (Å²) in [6.07, 6.45) is 2.75. The van der Waals surface area contributed by atoms with Gasteiger partial charge >= 0.3 is 0 Å². The van der Waals surface area contributed by atoms with E-state index in [0.717, 1.165) is 12.0 Å². The first-order valence-corrected chi connectivity index (χ1v) is 6.92. The maximum atomic E-state index is 3.59. The molecule has 0 aromatic carbocycles. The van der Waals surface area contributed by atoms with Crippen LogP contribution in [0.2, 0.25) is 0 Å². The van der Waals surface area contributed by atoms with Crippen LogP contribution in [0.1, 0.15) is 26.7 Å². The normalized spacial score (nSPS) is 29.1. The number of nitrogens with one attached hydrogen (secondary N) is 1. The molecule has 3 heteroatoms. The molecule has 2 fully saturated rings. The van der Waals surface area contributed by atoms with Crippen LogP contribution in [0.4, 0.5) is 0 Å². The third-order valence-electron chi connectivity index (χ3n) is 3.73. The Morgan fingerprint density at radius 1 is 1.12 bits per heavy atom. The fourth-order valence-electron chi connectivity index (χ4n) is 2.90. The van der Waals surface area contributed by atoms with Gasteiger partial charge in [-0.05, 0) is 25.3 Å². The van der Waals surface area contributed by atoms with Gasteiger partial charge in [0.25, 0.3) is 0 Å². The quantitative estimate of drug-likeness (QED) is 0.770. The largest absolute Gasteiger partial charge is 0.313 e. The molecule has 0 spiro atoms. The summed E-state index contributed by atoms with van der Waals surface area (Å²) < 4.78 is 0. The predicted molar refractivity (Wildman–Crippen MR) is 68.7 cm³/mol. The lowest BCUT2D eigenvalue weighted by Gasteiger charge is -2.36. The zero-order chi connectivity index (χ0) is 11.4. The van der Waals surface area contributed by atoms with Gasteiger partial charge in [0.2, 0.25) is 0 Å². The van der Waals surface area contributed by atoms with Crippen LogP contribution in [-0.2, 0) is 0 Å². The predicted octanol–water partition coefficient (Wildman–Crippen LogP) is 1.01. The maximum absolute atomic E-state index is 3.59. The smallest absolute Gasteiger partial charge is 0.0195 e. The van der Waals surface area contributed by atoms with Gasteiger partial charge in [-0.3, -0.25) is 4.90 Å². The van der Waals surface area contributed by atoms with E-state index in [1.807, 2.05) is 0 Å². The van der Waals surface area contributed by atoms with E-state index in [2.05, 4.69) is 29.0 Å². The van der Waals surface area contributed by atoms with Crippen LogP contribution in [0.15, 0.2) is 0 Å². The van der Waals surface area contributed by atoms with Gasteiger partial charge in [0, 0.05) is 45.3 Å². The lowest BCUT2D eigenvalue weighted by atomic mass is 10.1. The Kier molecular flexibility index (Phi) is 4.62. The van der Waals surface area contributed by atoms with Crippen LogP contribution < -0.4 is 5.32 Å². The van der Waals surface area contributed by atoms with E-state index in [-0.39, 0.29) is 0 Å². The van der Waals surface area contributed by atoms with Gasteiger partial charge in [-0.1, -0.05) is 13.8 Å². The van der Waals surface area contributed by atoms with E-state index in [4.69, 9.17) is 0 Å². The molecule has 0 bridgehead atoms.